The van der Waals surface area contributed by atoms with Gasteiger partial charge in [-0.1, -0.05) is 97.1 Å². The minimum Gasteiger partial charge on any atom is -0.435 e. The molecular weight excluding hydrogens is 550 g/mol. The van der Waals surface area contributed by atoms with E-state index in [1.165, 1.54) is 21.8 Å². The highest BCUT2D eigenvalue weighted by Crippen LogP contribution is 2.43. The van der Waals surface area contributed by atoms with E-state index in [0.29, 0.717) is 5.89 Å². The first-order valence-corrected chi connectivity index (χ1v) is 15.1. The molecule has 2 aromatic heterocycles. The highest BCUT2D eigenvalue weighted by atomic mass is 16.3. The molecule has 0 fully saturated rings. The van der Waals surface area contributed by atoms with Crippen LogP contribution >= 0.6 is 0 Å². The number of nitrogens with zero attached hydrogens (tertiary/aromatic N) is 3. The summed E-state index contributed by atoms with van der Waals surface area (Å²) in [6.45, 7) is 0. The maximum Gasteiger partial charge on any atom is 0.227 e. The number of oxazole rings is 1. The second kappa shape index (κ2) is 10.2. The van der Waals surface area contributed by atoms with Gasteiger partial charge in [0.2, 0.25) is 5.89 Å². The van der Waals surface area contributed by atoms with E-state index < -0.39 is 0 Å². The van der Waals surface area contributed by atoms with Gasteiger partial charge in [-0.3, -0.25) is 0 Å². The summed E-state index contributed by atoms with van der Waals surface area (Å²) in [7, 11) is 0. The number of aromatic nitrogens is 2. The molecule has 0 bridgehead atoms. The summed E-state index contributed by atoms with van der Waals surface area (Å²) in [6, 6.07) is 57.3. The van der Waals surface area contributed by atoms with E-state index in [-0.39, 0.29) is 0 Å². The van der Waals surface area contributed by atoms with Crippen molar-refractivity contribution in [3.8, 4) is 17.1 Å². The zero-order chi connectivity index (χ0) is 29.7. The third-order valence-electron chi connectivity index (χ3n) is 8.60. The molecule has 45 heavy (non-hydrogen) atoms. The molecule has 0 saturated carbocycles. The number of rotatable bonds is 5. The van der Waals surface area contributed by atoms with E-state index in [0.717, 1.165) is 50.2 Å². The maximum atomic E-state index is 6.41. The zero-order valence-electron chi connectivity index (χ0n) is 24.3. The molecule has 2 heterocycles. The molecule has 0 spiro atoms. The fourth-order valence-electron chi connectivity index (χ4n) is 6.58. The molecule has 0 aliphatic heterocycles. The van der Waals surface area contributed by atoms with Gasteiger partial charge in [0.15, 0.2) is 5.58 Å². The van der Waals surface area contributed by atoms with Crippen LogP contribution in [0.25, 0.3) is 60.8 Å². The Hall–Kier alpha value is -6.13. The molecule has 4 heteroatoms. The van der Waals surface area contributed by atoms with Crippen molar-refractivity contribution in [2.75, 3.05) is 4.90 Å². The van der Waals surface area contributed by atoms with Crippen molar-refractivity contribution in [3.05, 3.63) is 164 Å². The smallest absolute Gasteiger partial charge is 0.227 e. The van der Waals surface area contributed by atoms with Crippen LogP contribution in [0.2, 0.25) is 0 Å². The highest BCUT2D eigenvalue weighted by molar-refractivity contribution is 6.12. The Morgan fingerprint density at radius 1 is 0.489 bits per heavy atom. The lowest BCUT2D eigenvalue weighted by Gasteiger charge is -2.27. The van der Waals surface area contributed by atoms with Crippen LogP contribution in [0, 0.1) is 0 Å². The first kappa shape index (κ1) is 25.4. The first-order chi connectivity index (χ1) is 22.3. The summed E-state index contributed by atoms with van der Waals surface area (Å²) in [5.74, 6) is 0.620. The Morgan fingerprint density at radius 2 is 1.02 bits per heavy atom. The number of fused-ring (bicyclic) bond motifs is 6. The third-order valence-corrected chi connectivity index (χ3v) is 8.60. The highest BCUT2D eigenvalue weighted by Gasteiger charge is 2.21. The molecule has 0 N–H and O–H groups in total. The van der Waals surface area contributed by atoms with Crippen molar-refractivity contribution < 1.29 is 4.42 Å². The molecule has 4 nitrogen and oxygen atoms in total. The standard InChI is InChI=1S/C41H27N3O/c1-3-13-28(14-4-1)41-42-36-27-39(34-19-7-8-20-35(34)40(36)45-41)43(29-15-5-2-6-16-29)30-23-25-31(26-24-30)44-37-21-11-9-17-32(37)33-18-10-12-22-38(33)44/h1-27H. The summed E-state index contributed by atoms with van der Waals surface area (Å²) in [5.41, 5.74) is 9.26. The molecule has 0 aliphatic carbocycles. The van der Waals surface area contributed by atoms with Gasteiger partial charge in [-0.05, 0) is 66.7 Å². The maximum absolute atomic E-state index is 6.41. The lowest BCUT2D eigenvalue weighted by Crippen LogP contribution is -2.10. The molecule has 0 atom stereocenters. The fraction of sp³-hybridized carbons (Fsp3) is 0. The van der Waals surface area contributed by atoms with Gasteiger partial charge in [0.05, 0.1) is 16.7 Å². The largest absolute Gasteiger partial charge is 0.435 e. The number of hydrogen-bond donors (Lipinski definition) is 0. The number of hydrogen-bond acceptors (Lipinski definition) is 3. The average Bonchev–Trinajstić information content (AvgIpc) is 3.70. The Bertz CT molecular complexity index is 2420. The molecule has 9 aromatic rings. The predicted octanol–water partition coefficient (Wildman–Crippen LogP) is 11.2. The predicted molar refractivity (Wildman–Crippen MR) is 186 cm³/mol. The quantitative estimate of drug-likeness (QED) is 0.204. The monoisotopic (exact) mass is 577 g/mol. The Kier molecular flexibility index (Phi) is 5.78. The molecule has 0 saturated heterocycles. The molecule has 0 aliphatic rings. The molecule has 0 amide bonds. The van der Waals surface area contributed by atoms with E-state index in [1.54, 1.807) is 0 Å². The van der Waals surface area contributed by atoms with Crippen molar-refractivity contribution in [1.29, 1.82) is 0 Å². The van der Waals surface area contributed by atoms with Crippen LogP contribution in [-0.2, 0) is 0 Å². The lowest BCUT2D eigenvalue weighted by molar-refractivity contribution is 0.623. The summed E-state index contributed by atoms with van der Waals surface area (Å²) < 4.78 is 8.76. The van der Waals surface area contributed by atoms with Crippen LogP contribution in [0.3, 0.4) is 0 Å². The van der Waals surface area contributed by atoms with E-state index in [4.69, 9.17) is 9.40 Å². The van der Waals surface area contributed by atoms with Crippen molar-refractivity contribution in [2.45, 2.75) is 0 Å². The van der Waals surface area contributed by atoms with Crippen molar-refractivity contribution in [1.82, 2.24) is 9.55 Å². The third kappa shape index (κ3) is 4.11. The zero-order valence-corrected chi connectivity index (χ0v) is 24.3. The van der Waals surface area contributed by atoms with Crippen molar-refractivity contribution in [2.24, 2.45) is 0 Å². The SMILES string of the molecule is c1ccc(-c2nc3cc(N(c4ccccc4)c4ccc(-n5c6ccccc6c6ccccc65)cc4)c4ccccc4c3o2)cc1. The van der Waals surface area contributed by atoms with Gasteiger partial charge >= 0.3 is 0 Å². The molecule has 9 rings (SSSR count). The van der Waals surface area contributed by atoms with Crippen LogP contribution in [0.1, 0.15) is 0 Å². The fourth-order valence-corrected chi connectivity index (χ4v) is 6.58. The summed E-state index contributed by atoms with van der Waals surface area (Å²) >= 11 is 0. The summed E-state index contributed by atoms with van der Waals surface area (Å²) in [5, 5.41) is 4.63. The van der Waals surface area contributed by atoms with Gasteiger partial charge in [-0.15, -0.1) is 0 Å². The Morgan fingerprint density at radius 3 is 1.69 bits per heavy atom. The summed E-state index contributed by atoms with van der Waals surface area (Å²) in [6.07, 6.45) is 0. The number of benzene rings is 7. The number of anilines is 3. The van der Waals surface area contributed by atoms with E-state index >= 15 is 0 Å². The second-order valence-electron chi connectivity index (χ2n) is 11.2. The minimum absolute atomic E-state index is 0.620. The molecule has 7 aromatic carbocycles. The summed E-state index contributed by atoms with van der Waals surface area (Å²) in [4.78, 5) is 7.29. The van der Waals surface area contributed by atoms with Crippen molar-refractivity contribution in [3.63, 3.8) is 0 Å². The molecule has 0 radical (unpaired) electrons. The van der Waals surface area contributed by atoms with E-state index in [2.05, 4.69) is 143 Å². The van der Waals surface area contributed by atoms with Crippen LogP contribution < -0.4 is 4.90 Å². The van der Waals surface area contributed by atoms with Gasteiger partial charge in [0.1, 0.15) is 5.52 Å². The first-order valence-electron chi connectivity index (χ1n) is 15.1. The minimum atomic E-state index is 0.620. The lowest BCUT2D eigenvalue weighted by atomic mass is 10.0. The van der Waals surface area contributed by atoms with E-state index in [1.807, 2.05) is 30.3 Å². The number of para-hydroxylation sites is 3. The average molecular weight is 578 g/mol. The van der Waals surface area contributed by atoms with Crippen LogP contribution in [0.5, 0.6) is 0 Å². The molecular formula is C41H27N3O. The molecule has 0 unspecified atom stereocenters. The normalized spacial score (nSPS) is 11.6. The second-order valence-corrected chi connectivity index (χ2v) is 11.2. The topological polar surface area (TPSA) is 34.2 Å². The van der Waals surface area contributed by atoms with Gasteiger partial charge in [-0.25, -0.2) is 4.98 Å². The van der Waals surface area contributed by atoms with Crippen LogP contribution in [0.15, 0.2) is 168 Å². The van der Waals surface area contributed by atoms with Gasteiger partial charge < -0.3 is 13.9 Å². The molecule has 212 valence electrons. The Labute approximate surface area is 260 Å². The Balaban J connectivity index is 1.24. The van der Waals surface area contributed by atoms with Crippen LogP contribution in [0.4, 0.5) is 17.1 Å². The van der Waals surface area contributed by atoms with Gasteiger partial charge in [0.25, 0.3) is 0 Å². The van der Waals surface area contributed by atoms with E-state index in [9.17, 15) is 0 Å². The van der Waals surface area contributed by atoms with Gasteiger partial charge in [0, 0.05) is 44.2 Å². The van der Waals surface area contributed by atoms with Crippen molar-refractivity contribution >= 4 is 60.7 Å². The van der Waals surface area contributed by atoms with Gasteiger partial charge in [-0.2, -0.15) is 0 Å². The van der Waals surface area contributed by atoms with Crippen LogP contribution in [-0.4, -0.2) is 9.55 Å².